The van der Waals surface area contributed by atoms with Crippen LogP contribution < -0.4 is 5.56 Å². The molecule has 0 saturated heterocycles. The first-order chi connectivity index (χ1) is 11.2. The predicted molar refractivity (Wildman–Crippen MR) is 96.7 cm³/mol. The van der Waals surface area contributed by atoms with E-state index in [1.807, 2.05) is 16.5 Å². The summed E-state index contributed by atoms with van der Waals surface area (Å²) in [5.41, 5.74) is 3.42. The van der Waals surface area contributed by atoms with E-state index in [-0.39, 0.29) is 5.56 Å². The quantitative estimate of drug-likeness (QED) is 0.668. The number of nitrogens with zero attached hydrogens (tertiary/aromatic N) is 2. The Morgan fingerprint density at radius 2 is 2.09 bits per heavy atom. The van der Waals surface area contributed by atoms with Crippen LogP contribution in [0.3, 0.4) is 0 Å². The number of rotatable bonds is 3. The van der Waals surface area contributed by atoms with Gasteiger partial charge in [-0.15, -0.1) is 23.1 Å². The van der Waals surface area contributed by atoms with Crippen molar-refractivity contribution in [3.05, 3.63) is 62.5 Å². The number of hydrogen-bond donors (Lipinski definition) is 0. The number of fused-ring (bicyclic) bond motifs is 3. The fraction of sp³-hybridized carbons (Fsp3) is 0.333. The maximum Gasteiger partial charge on any atom is 0.259 e. The van der Waals surface area contributed by atoms with Crippen molar-refractivity contribution in [1.82, 2.24) is 9.38 Å². The molecule has 0 unspecified atom stereocenters. The van der Waals surface area contributed by atoms with E-state index in [9.17, 15) is 4.79 Å². The molecule has 23 heavy (non-hydrogen) atoms. The van der Waals surface area contributed by atoms with Crippen LogP contribution in [0.25, 0.3) is 4.96 Å². The Bertz CT molecular complexity index is 926. The number of aromatic nitrogens is 2. The molecule has 0 N–H and O–H groups in total. The minimum atomic E-state index is 0.0785. The van der Waals surface area contributed by atoms with Crippen molar-refractivity contribution in [3.8, 4) is 0 Å². The Morgan fingerprint density at radius 1 is 1.26 bits per heavy atom. The standard InChI is InChI=1S/C18H18N2OS2/c1-12-6-2-4-8-15(12)22-11-13-10-17(21)20-14-7-3-5-9-16(14)23-18(20)19-13/h2,4,6,8,10H,3,5,7,9,11H2,1H3. The topological polar surface area (TPSA) is 34.4 Å². The van der Waals surface area contributed by atoms with Gasteiger partial charge in [-0.3, -0.25) is 9.20 Å². The summed E-state index contributed by atoms with van der Waals surface area (Å²) in [5.74, 6) is 0.735. The van der Waals surface area contributed by atoms with E-state index in [1.54, 1.807) is 29.2 Å². The third kappa shape index (κ3) is 2.83. The van der Waals surface area contributed by atoms with Crippen LogP contribution in [0, 0.1) is 6.92 Å². The Balaban J connectivity index is 1.66. The second-order valence-electron chi connectivity index (χ2n) is 5.94. The molecule has 2 heterocycles. The Morgan fingerprint density at radius 3 is 2.96 bits per heavy atom. The fourth-order valence-electron chi connectivity index (χ4n) is 3.09. The summed E-state index contributed by atoms with van der Waals surface area (Å²) in [4.78, 5) is 20.7. The smallest absolute Gasteiger partial charge is 0.259 e. The zero-order chi connectivity index (χ0) is 15.8. The summed E-state index contributed by atoms with van der Waals surface area (Å²) >= 11 is 3.44. The van der Waals surface area contributed by atoms with Crippen LogP contribution in [0.2, 0.25) is 0 Å². The summed E-state index contributed by atoms with van der Waals surface area (Å²) in [7, 11) is 0. The van der Waals surface area contributed by atoms with E-state index >= 15 is 0 Å². The predicted octanol–water partition coefficient (Wildman–Crippen LogP) is 4.24. The van der Waals surface area contributed by atoms with Crippen molar-refractivity contribution in [1.29, 1.82) is 0 Å². The Kier molecular flexibility index (Phi) is 3.99. The third-order valence-corrected chi connectivity index (χ3v) is 6.64. The van der Waals surface area contributed by atoms with Crippen molar-refractivity contribution in [2.75, 3.05) is 0 Å². The van der Waals surface area contributed by atoms with Crippen LogP contribution in [0.15, 0.2) is 40.0 Å². The second-order valence-corrected chi connectivity index (χ2v) is 8.02. The lowest BCUT2D eigenvalue weighted by Gasteiger charge is -2.10. The molecule has 5 heteroatoms. The van der Waals surface area contributed by atoms with E-state index in [0.29, 0.717) is 0 Å². The van der Waals surface area contributed by atoms with E-state index in [4.69, 9.17) is 4.98 Å². The molecule has 0 radical (unpaired) electrons. The first-order valence-corrected chi connectivity index (χ1v) is 9.74. The molecular formula is C18H18N2OS2. The van der Waals surface area contributed by atoms with Crippen LogP contribution in [-0.2, 0) is 18.6 Å². The van der Waals surface area contributed by atoms with Crippen molar-refractivity contribution in [2.24, 2.45) is 0 Å². The van der Waals surface area contributed by atoms with E-state index < -0.39 is 0 Å². The normalized spacial score (nSPS) is 14.1. The highest BCUT2D eigenvalue weighted by Crippen LogP contribution is 2.29. The Labute approximate surface area is 143 Å². The molecule has 0 bridgehead atoms. The lowest BCUT2D eigenvalue weighted by Crippen LogP contribution is -2.17. The first kappa shape index (κ1) is 15.0. The van der Waals surface area contributed by atoms with Crippen molar-refractivity contribution in [3.63, 3.8) is 0 Å². The molecule has 0 saturated carbocycles. The summed E-state index contributed by atoms with van der Waals surface area (Å²) in [6.45, 7) is 2.11. The molecule has 1 aliphatic carbocycles. The molecule has 0 spiro atoms. The lowest BCUT2D eigenvalue weighted by molar-refractivity contribution is 0.670. The molecule has 1 aromatic carbocycles. The van der Waals surface area contributed by atoms with Crippen LogP contribution >= 0.6 is 23.1 Å². The average Bonchev–Trinajstić information content (AvgIpc) is 2.93. The SMILES string of the molecule is Cc1ccccc1SCc1cc(=O)n2c3c(sc2n1)CCCC3. The fourth-order valence-corrected chi connectivity index (χ4v) is 5.24. The van der Waals surface area contributed by atoms with Crippen LogP contribution in [0.5, 0.6) is 0 Å². The average molecular weight is 342 g/mol. The molecule has 118 valence electrons. The van der Waals surface area contributed by atoms with Crippen molar-refractivity contribution >= 4 is 28.1 Å². The molecule has 1 aliphatic rings. The van der Waals surface area contributed by atoms with Gasteiger partial charge in [-0.05, 0) is 44.2 Å². The second kappa shape index (κ2) is 6.13. The number of benzene rings is 1. The molecule has 0 atom stereocenters. The van der Waals surface area contributed by atoms with E-state index in [0.717, 1.165) is 29.2 Å². The molecule has 0 amide bonds. The van der Waals surface area contributed by atoms with Gasteiger partial charge in [0.25, 0.3) is 5.56 Å². The van der Waals surface area contributed by atoms with E-state index in [2.05, 4.69) is 19.1 Å². The van der Waals surface area contributed by atoms with E-state index in [1.165, 1.54) is 33.9 Å². The van der Waals surface area contributed by atoms with Crippen LogP contribution in [0.1, 0.15) is 34.7 Å². The van der Waals surface area contributed by atoms with Gasteiger partial charge in [-0.25, -0.2) is 4.98 Å². The highest BCUT2D eigenvalue weighted by atomic mass is 32.2. The largest absolute Gasteiger partial charge is 0.269 e. The summed E-state index contributed by atoms with van der Waals surface area (Å²) in [6, 6.07) is 10.0. The number of aryl methyl sites for hydroxylation is 3. The maximum absolute atomic E-state index is 12.5. The number of thioether (sulfide) groups is 1. The van der Waals surface area contributed by atoms with Crippen LogP contribution in [0.4, 0.5) is 0 Å². The molecule has 0 aliphatic heterocycles. The molecule has 3 aromatic rings. The summed E-state index contributed by atoms with van der Waals surface area (Å²) in [5, 5.41) is 0. The summed E-state index contributed by atoms with van der Waals surface area (Å²) < 4.78 is 1.83. The van der Waals surface area contributed by atoms with Gasteiger partial charge in [0.15, 0.2) is 4.96 Å². The lowest BCUT2D eigenvalue weighted by atomic mass is 10.0. The summed E-state index contributed by atoms with van der Waals surface area (Å²) in [6.07, 6.45) is 4.51. The molecule has 3 nitrogen and oxygen atoms in total. The highest BCUT2D eigenvalue weighted by Gasteiger charge is 2.18. The Hall–Kier alpha value is -1.59. The van der Waals surface area contributed by atoms with Crippen molar-refractivity contribution in [2.45, 2.75) is 43.3 Å². The monoisotopic (exact) mass is 342 g/mol. The van der Waals surface area contributed by atoms with Gasteiger partial charge in [-0.2, -0.15) is 0 Å². The van der Waals surface area contributed by atoms with Gasteiger partial charge in [-0.1, -0.05) is 18.2 Å². The third-order valence-electron chi connectivity index (χ3n) is 4.28. The maximum atomic E-state index is 12.5. The van der Waals surface area contributed by atoms with Gasteiger partial charge >= 0.3 is 0 Å². The number of thiazole rings is 1. The minimum Gasteiger partial charge on any atom is -0.269 e. The molecule has 4 rings (SSSR count). The van der Waals surface area contributed by atoms with Gasteiger partial charge < -0.3 is 0 Å². The minimum absolute atomic E-state index is 0.0785. The molecule has 2 aromatic heterocycles. The van der Waals surface area contributed by atoms with Gasteiger partial charge in [0.05, 0.1) is 5.69 Å². The molecular weight excluding hydrogens is 324 g/mol. The zero-order valence-corrected chi connectivity index (χ0v) is 14.7. The first-order valence-electron chi connectivity index (χ1n) is 7.94. The van der Waals surface area contributed by atoms with Crippen LogP contribution in [-0.4, -0.2) is 9.38 Å². The zero-order valence-electron chi connectivity index (χ0n) is 13.0. The van der Waals surface area contributed by atoms with Crippen molar-refractivity contribution < 1.29 is 0 Å². The highest BCUT2D eigenvalue weighted by molar-refractivity contribution is 7.98. The molecule has 0 fully saturated rings. The van der Waals surface area contributed by atoms with Gasteiger partial charge in [0.1, 0.15) is 0 Å². The van der Waals surface area contributed by atoms with Gasteiger partial charge in [0.2, 0.25) is 0 Å². The number of hydrogen-bond acceptors (Lipinski definition) is 4. The van der Waals surface area contributed by atoms with Gasteiger partial charge in [0, 0.05) is 27.3 Å².